The van der Waals surface area contributed by atoms with Crippen molar-refractivity contribution >= 4 is 23.8 Å². The number of hydrazine groups is 1. The molecule has 0 unspecified atom stereocenters. The minimum Gasteiger partial charge on any atom is -0.447 e. The number of ether oxygens (including phenoxy) is 1. The predicted octanol–water partition coefficient (Wildman–Crippen LogP) is 3.30. The Balaban J connectivity index is 1.41. The third kappa shape index (κ3) is 8.32. The maximum Gasteiger partial charge on any atom is 0.414 e. The van der Waals surface area contributed by atoms with E-state index >= 15 is 0 Å². The summed E-state index contributed by atoms with van der Waals surface area (Å²) in [5.74, 6) is -2.56. The van der Waals surface area contributed by atoms with Crippen molar-refractivity contribution < 1.29 is 32.4 Å². The molecular formula is C28H32F2N6O5. The van der Waals surface area contributed by atoms with Crippen LogP contribution < -0.4 is 16.1 Å². The van der Waals surface area contributed by atoms with Gasteiger partial charge in [0, 0.05) is 63.3 Å². The smallest absolute Gasteiger partial charge is 0.414 e. The number of amides is 3. The maximum atomic E-state index is 14.2. The predicted molar refractivity (Wildman–Crippen MR) is 145 cm³/mol. The molecular weight excluding hydrogens is 538 g/mol. The van der Waals surface area contributed by atoms with Crippen LogP contribution in [0.15, 0.2) is 59.1 Å². The van der Waals surface area contributed by atoms with Gasteiger partial charge in [0.1, 0.15) is 12.3 Å². The second kappa shape index (κ2) is 14.3. The fourth-order valence-electron chi connectivity index (χ4n) is 4.39. The maximum absolute atomic E-state index is 14.2. The molecule has 3 amide bonds. The van der Waals surface area contributed by atoms with Crippen LogP contribution in [0.25, 0.3) is 11.3 Å². The molecule has 0 aliphatic carbocycles. The molecule has 3 aromatic rings. The lowest BCUT2D eigenvalue weighted by Gasteiger charge is -2.32. The third-order valence-corrected chi connectivity index (χ3v) is 6.55. The molecule has 1 aliphatic heterocycles. The topological polar surface area (TPSA) is 129 Å². The van der Waals surface area contributed by atoms with Gasteiger partial charge in [-0.1, -0.05) is 47.6 Å². The van der Waals surface area contributed by atoms with Gasteiger partial charge in [-0.3, -0.25) is 19.9 Å². The van der Waals surface area contributed by atoms with Gasteiger partial charge in [-0.05, 0) is 12.5 Å². The molecule has 0 radical (unpaired) electrons. The largest absolute Gasteiger partial charge is 0.447 e. The van der Waals surface area contributed by atoms with Crippen LogP contribution >= 0.6 is 0 Å². The summed E-state index contributed by atoms with van der Waals surface area (Å²) in [4.78, 5) is 39.7. The van der Waals surface area contributed by atoms with Crippen LogP contribution in [0.5, 0.6) is 0 Å². The van der Waals surface area contributed by atoms with Crippen LogP contribution in [0.4, 0.5) is 19.5 Å². The highest BCUT2D eigenvalue weighted by Gasteiger charge is 2.26. The average molecular weight is 571 g/mol. The lowest BCUT2D eigenvalue weighted by atomic mass is 10.1. The summed E-state index contributed by atoms with van der Waals surface area (Å²) in [5, 5.41) is 10.7. The minimum absolute atomic E-state index is 0.00472. The molecule has 41 heavy (non-hydrogen) atoms. The zero-order valence-electron chi connectivity index (χ0n) is 22.6. The minimum atomic E-state index is -1.04. The summed E-state index contributed by atoms with van der Waals surface area (Å²) in [6.45, 7) is 3.28. The Bertz CT molecular complexity index is 1330. The van der Waals surface area contributed by atoms with Gasteiger partial charge in [0.15, 0.2) is 11.6 Å². The van der Waals surface area contributed by atoms with Crippen LogP contribution in [0.2, 0.25) is 0 Å². The first-order chi connectivity index (χ1) is 19.8. The first-order valence-corrected chi connectivity index (χ1v) is 13.2. The molecule has 3 N–H and O–H groups in total. The molecule has 1 aliphatic rings. The number of hydrogen-bond donors (Lipinski definition) is 3. The van der Waals surface area contributed by atoms with Crippen molar-refractivity contribution in [1.29, 1.82) is 0 Å². The van der Waals surface area contributed by atoms with E-state index in [9.17, 15) is 23.2 Å². The van der Waals surface area contributed by atoms with E-state index in [1.54, 1.807) is 4.90 Å². The number of anilines is 1. The zero-order valence-corrected chi connectivity index (χ0v) is 22.6. The van der Waals surface area contributed by atoms with Gasteiger partial charge in [0.05, 0.1) is 6.04 Å². The number of rotatable bonds is 11. The highest BCUT2D eigenvalue weighted by Crippen LogP contribution is 2.21. The van der Waals surface area contributed by atoms with Gasteiger partial charge in [0.2, 0.25) is 17.7 Å². The van der Waals surface area contributed by atoms with Crippen LogP contribution in [-0.4, -0.2) is 71.8 Å². The SMILES string of the molecule is CC(=O)N(NCc1cccc(F)c1F)[C@@H](CCC(=O)N1CCNCC1)COC(=O)Nc1cc(-c2ccccc2)no1. The molecule has 11 nitrogen and oxygen atoms in total. The van der Waals surface area contributed by atoms with Gasteiger partial charge in [-0.25, -0.2) is 19.0 Å². The number of carbonyl (C=O) groups excluding carboxylic acids is 3. The summed E-state index contributed by atoms with van der Waals surface area (Å²) in [7, 11) is 0. The Hall–Kier alpha value is -4.36. The van der Waals surface area contributed by atoms with Crippen molar-refractivity contribution in [2.75, 3.05) is 38.1 Å². The first kappa shape index (κ1) is 29.6. The number of benzene rings is 2. The molecule has 0 spiro atoms. The molecule has 1 atom stereocenters. The van der Waals surface area contributed by atoms with E-state index in [1.165, 1.54) is 30.1 Å². The Kier molecular flexibility index (Phi) is 10.3. The highest BCUT2D eigenvalue weighted by atomic mass is 19.2. The summed E-state index contributed by atoms with van der Waals surface area (Å²) in [5.41, 5.74) is 4.12. The Labute approximate surface area is 235 Å². The van der Waals surface area contributed by atoms with E-state index < -0.39 is 29.7 Å². The standard InChI is InChI=1S/C28H32F2N6O5/c1-19(37)36(32-17-21-8-5-9-23(29)27(21)30)22(10-11-26(38)35-14-12-31-13-15-35)18-40-28(39)33-25-16-24(34-41-25)20-6-3-2-4-7-20/h2-9,16,22,31-32H,10-15,17-18H2,1H3,(H,33,39)/t22-/m0/s1. The van der Waals surface area contributed by atoms with Gasteiger partial charge < -0.3 is 19.5 Å². The van der Waals surface area contributed by atoms with Crippen molar-refractivity contribution in [3.63, 3.8) is 0 Å². The summed E-state index contributed by atoms with van der Waals surface area (Å²) in [6.07, 6.45) is -0.633. The van der Waals surface area contributed by atoms with E-state index in [2.05, 4.69) is 21.2 Å². The fraction of sp³-hybridized carbons (Fsp3) is 0.357. The normalized spacial score (nSPS) is 13.9. The monoisotopic (exact) mass is 570 g/mol. The molecule has 1 fully saturated rings. The average Bonchev–Trinajstić information content (AvgIpc) is 3.45. The van der Waals surface area contributed by atoms with E-state index in [4.69, 9.17) is 9.26 Å². The fourth-order valence-corrected chi connectivity index (χ4v) is 4.39. The van der Waals surface area contributed by atoms with Crippen LogP contribution in [0.1, 0.15) is 25.3 Å². The van der Waals surface area contributed by atoms with Crippen LogP contribution in [0, 0.1) is 11.6 Å². The molecule has 0 bridgehead atoms. The number of nitrogens with zero attached hydrogens (tertiary/aromatic N) is 3. The van der Waals surface area contributed by atoms with Crippen LogP contribution in [-0.2, 0) is 20.9 Å². The molecule has 4 rings (SSSR count). The molecule has 1 saturated heterocycles. The molecule has 2 aromatic carbocycles. The van der Waals surface area contributed by atoms with Crippen molar-refractivity contribution in [3.05, 3.63) is 71.8 Å². The molecule has 0 saturated carbocycles. The van der Waals surface area contributed by atoms with Crippen molar-refractivity contribution in [1.82, 2.24) is 25.8 Å². The summed E-state index contributed by atoms with van der Waals surface area (Å²) < 4.78 is 38.5. The van der Waals surface area contributed by atoms with Gasteiger partial charge in [0.25, 0.3) is 0 Å². The molecule has 218 valence electrons. The van der Waals surface area contributed by atoms with E-state index in [1.807, 2.05) is 30.3 Å². The number of hydrogen-bond acceptors (Lipinski definition) is 8. The second-order valence-electron chi connectivity index (χ2n) is 9.43. The van der Waals surface area contributed by atoms with Gasteiger partial charge >= 0.3 is 6.09 Å². The Morgan fingerprint density at radius 3 is 2.61 bits per heavy atom. The lowest BCUT2D eigenvalue weighted by molar-refractivity contribution is -0.138. The Morgan fingerprint density at radius 1 is 1.12 bits per heavy atom. The van der Waals surface area contributed by atoms with Gasteiger partial charge in [-0.2, -0.15) is 0 Å². The number of piperazine rings is 1. The van der Waals surface area contributed by atoms with E-state index in [0.29, 0.717) is 31.9 Å². The first-order valence-electron chi connectivity index (χ1n) is 13.2. The third-order valence-electron chi connectivity index (χ3n) is 6.55. The summed E-state index contributed by atoms with van der Waals surface area (Å²) in [6, 6.07) is 13.7. The van der Waals surface area contributed by atoms with Crippen molar-refractivity contribution in [2.45, 2.75) is 32.4 Å². The number of aromatic nitrogens is 1. The molecule has 2 heterocycles. The number of carbonyl (C=O) groups is 3. The summed E-state index contributed by atoms with van der Waals surface area (Å²) >= 11 is 0. The second-order valence-corrected chi connectivity index (χ2v) is 9.43. The molecule has 1 aromatic heterocycles. The highest BCUT2D eigenvalue weighted by molar-refractivity contribution is 5.83. The van der Waals surface area contributed by atoms with Crippen molar-refractivity contribution in [2.24, 2.45) is 0 Å². The quantitative estimate of drug-likeness (QED) is 0.300. The van der Waals surface area contributed by atoms with Crippen molar-refractivity contribution in [3.8, 4) is 11.3 Å². The van der Waals surface area contributed by atoms with Crippen LogP contribution in [0.3, 0.4) is 0 Å². The molecule has 13 heteroatoms. The number of nitrogens with one attached hydrogen (secondary N) is 3. The Morgan fingerprint density at radius 2 is 1.88 bits per heavy atom. The van der Waals surface area contributed by atoms with Gasteiger partial charge in [-0.15, -0.1) is 0 Å². The van der Waals surface area contributed by atoms with E-state index in [-0.39, 0.29) is 43.3 Å². The number of halogens is 2. The zero-order chi connectivity index (χ0) is 29.2. The van der Waals surface area contributed by atoms with E-state index in [0.717, 1.165) is 11.6 Å². The lowest BCUT2D eigenvalue weighted by Crippen LogP contribution is -2.51.